The fraction of sp³-hybridized carbons (Fsp3) is 0.889. The summed E-state index contributed by atoms with van der Waals surface area (Å²) >= 11 is 0. The molecule has 0 aromatic heterocycles. The van der Waals surface area contributed by atoms with Crippen LogP contribution in [0.2, 0.25) is 0 Å². The molecule has 0 saturated carbocycles. The zero-order valence-corrected chi connectivity index (χ0v) is 6.98. The van der Waals surface area contributed by atoms with E-state index in [4.69, 9.17) is 0 Å². The second kappa shape index (κ2) is 4.84. The molecule has 2 unspecified atom stereocenters. The van der Waals surface area contributed by atoms with Crippen LogP contribution in [-0.4, -0.2) is 0 Å². The summed E-state index contributed by atoms with van der Waals surface area (Å²) in [6, 6.07) is 0. The van der Waals surface area contributed by atoms with Crippen LogP contribution in [0.4, 0.5) is 0 Å². The third-order valence-corrected chi connectivity index (χ3v) is 2.34. The van der Waals surface area contributed by atoms with Gasteiger partial charge >= 0.3 is 0 Å². The fourth-order valence-electron chi connectivity index (χ4n) is 1.22. The van der Waals surface area contributed by atoms with Gasteiger partial charge in [-0.15, -0.1) is 0 Å². The van der Waals surface area contributed by atoms with Gasteiger partial charge in [0.2, 0.25) is 0 Å². The summed E-state index contributed by atoms with van der Waals surface area (Å²) < 4.78 is 0. The SMILES string of the molecule is [CH2]CC(CC)C(C)CC. The first-order chi connectivity index (χ1) is 4.26. The van der Waals surface area contributed by atoms with Crippen LogP contribution in [0.25, 0.3) is 0 Å². The van der Waals surface area contributed by atoms with Crippen LogP contribution in [-0.2, 0) is 0 Å². The summed E-state index contributed by atoms with van der Waals surface area (Å²) in [6.45, 7) is 10.7. The van der Waals surface area contributed by atoms with Crippen molar-refractivity contribution in [2.75, 3.05) is 0 Å². The van der Waals surface area contributed by atoms with Crippen molar-refractivity contribution in [3.8, 4) is 0 Å². The van der Waals surface area contributed by atoms with Gasteiger partial charge in [0.1, 0.15) is 0 Å². The highest BCUT2D eigenvalue weighted by Crippen LogP contribution is 2.20. The van der Waals surface area contributed by atoms with E-state index in [0.29, 0.717) is 0 Å². The van der Waals surface area contributed by atoms with E-state index in [2.05, 4.69) is 27.7 Å². The van der Waals surface area contributed by atoms with Crippen LogP contribution >= 0.6 is 0 Å². The Hall–Kier alpha value is 0. The van der Waals surface area contributed by atoms with Crippen LogP contribution in [0, 0.1) is 18.8 Å². The third-order valence-electron chi connectivity index (χ3n) is 2.34. The molecule has 0 heteroatoms. The van der Waals surface area contributed by atoms with Crippen LogP contribution in [0.1, 0.15) is 40.0 Å². The maximum absolute atomic E-state index is 3.93. The molecule has 0 saturated heterocycles. The van der Waals surface area contributed by atoms with E-state index < -0.39 is 0 Å². The monoisotopic (exact) mass is 127 g/mol. The van der Waals surface area contributed by atoms with Crippen LogP contribution < -0.4 is 0 Å². The topological polar surface area (TPSA) is 0 Å². The van der Waals surface area contributed by atoms with Crippen LogP contribution in [0.3, 0.4) is 0 Å². The molecule has 55 valence electrons. The Balaban J connectivity index is 3.50. The molecule has 0 aliphatic carbocycles. The quantitative estimate of drug-likeness (QED) is 0.543. The maximum Gasteiger partial charge on any atom is -0.0391 e. The Morgan fingerprint density at radius 3 is 1.89 bits per heavy atom. The van der Waals surface area contributed by atoms with E-state index in [1.54, 1.807) is 0 Å². The molecule has 0 rings (SSSR count). The molecule has 0 bridgehead atoms. The Morgan fingerprint density at radius 1 is 1.22 bits per heavy atom. The van der Waals surface area contributed by atoms with Gasteiger partial charge < -0.3 is 0 Å². The molecule has 2 atom stereocenters. The van der Waals surface area contributed by atoms with Gasteiger partial charge in [-0.25, -0.2) is 0 Å². The van der Waals surface area contributed by atoms with Crippen molar-refractivity contribution < 1.29 is 0 Å². The van der Waals surface area contributed by atoms with Gasteiger partial charge in [0.15, 0.2) is 0 Å². The molecule has 0 nitrogen and oxygen atoms in total. The van der Waals surface area contributed by atoms with Crippen molar-refractivity contribution in [1.29, 1.82) is 0 Å². The van der Waals surface area contributed by atoms with Crippen molar-refractivity contribution in [3.63, 3.8) is 0 Å². The number of hydrogen-bond acceptors (Lipinski definition) is 0. The van der Waals surface area contributed by atoms with Gasteiger partial charge in [0, 0.05) is 0 Å². The van der Waals surface area contributed by atoms with Crippen LogP contribution in [0.5, 0.6) is 0 Å². The van der Waals surface area contributed by atoms with Crippen molar-refractivity contribution in [2.24, 2.45) is 11.8 Å². The maximum atomic E-state index is 3.93. The average Bonchev–Trinajstić information content (AvgIpc) is 1.90. The highest BCUT2D eigenvalue weighted by molar-refractivity contribution is 4.64. The third kappa shape index (κ3) is 2.88. The molecule has 0 aliphatic heterocycles. The van der Waals surface area contributed by atoms with Gasteiger partial charge in [-0.05, 0) is 11.8 Å². The van der Waals surface area contributed by atoms with Crippen molar-refractivity contribution in [2.45, 2.75) is 40.0 Å². The summed E-state index contributed by atoms with van der Waals surface area (Å²) in [4.78, 5) is 0. The first-order valence-corrected chi connectivity index (χ1v) is 4.05. The normalized spacial score (nSPS) is 14.3. The van der Waals surface area contributed by atoms with Crippen LogP contribution in [0.15, 0.2) is 0 Å². The predicted molar refractivity (Wildman–Crippen MR) is 43.2 cm³/mol. The lowest BCUT2D eigenvalue weighted by atomic mass is 9.88. The van der Waals surface area contributed by atoms with Crippen molar-refractivity contribution in [3.05, 3.63) is 6.92 Å². The summed E-state index contributed by atoms with van der Waals surface area (Å²) in [5.74, 6) is 1.72. The van der Waals surface area contributed by atoms with E-state index in [1.165, 1.54) is 12.8 Å². The summed E-state index contributed by atoms with van der Waals surface area (Å²) in [7, 11) is 0. The molecule has 0 aromatic carbocycles. The predicted octanol–water partition coefficient (Wildman–Crippen LogP) is 3.28. The van der Waals surface area contributed by atoms with E-state index >= 15 is 0 Å². The lowest BCUT2D eigenvalue weighted by Crippen LogP contribution is -2.08. The van der Waals surface area contributed by atoms with E-state index in [1.807, 2.05) is 0 Å². The van der Waals surface area contributed by atoms with Gasteiger partial charge in [0.05, 0.1) is 0 Å². The van der Waals surface area contributed by atoms with Gasteiger partial charge in [-0.3, -0.25) is 0 Å². The lowest BCUT2D eigenvalue weighted by Gasteiger charge is -2.18. The Kier molecular flexibility index (Phi) is 4.84. The van der Waals surface area contributed by atoms with Crippen molar-refractivity contribution in [1.82, 2.24) is 0 Å². The van der Waals surface area contributed by atoms with Crippen molar-refractivity contribution >= 4 is 0 Å². The van der Waals surface area contributed by atoms with E-state index in [-0.39, 0.29) is 0 Å². The summed E-state index contributed by atoms with van der Waals surface area (Å²) in [5, 5.41) is 0. The molecule has 0 N–H and O–H groups in total. The lowest BCUT2D eigenvalue weighted by molar-refractivity contribution is 0.340. The summed E-state index contributed by atoms with van der Waals surface area (Å²) in [5.41, 5.74) is 0. The first-order valence-electron chi connectivity index (χ1n) is 4.05. The minimum Gasteiger partial charge on any atom is -0.0651 e. The molecule has 9 heavy (non-hydrogen) atoms. The molecule has 0 spiro atoms. The molecule has 0 aliphatic rings. The number of hydrogen-bond donors (Lipinski definition) is 0. The fourth-order valence-corrected chi connectivity index (χ4v) is 1.22. The standard InChI is InChI=1S/C9H19/c1-5-8(4)9(6-2)7-3/h8-9H,2,5-7H2,1,3-4H3. The molecule has 1 radical (unpaired) electrons. The number of rotatable bonds is 4. The molecule has 0 aromatic rings. The zero-order chi connectivity index (χ0) is 7.28. The smallest absolute Gasteiger partial charge is 0.0391 e. The highest BCUT2D eigenvalue weighted by atomic mass is 14.2. The molecule has 0 heterocycles. The molecular weight excluding hydrogens is 108 g/mol. The van der Waals surface area contributed by atoms with Gasteiger partial charge in [0.25, 0.3) is 0 Å². The van der Waals surface area contributed by atoms with E-state index in [9.17, 15) is 0 Å². The largest absolute Gasteiger partial charge is 0.0651 e. The Morgan fingerprint density at radius 2 is 1.78 bits per heavy atom. The Labute approximate surface area is 59.7 Å². The minimum atomic E-state index is 0.856. The molecule has 0 amide bonds. The van der Waals surface area contributed by atoms with E-state index in [0.717, 1.165) is 18.3 Å². The molecular formula is C9H19. The van der Waals surface area contributed by atoms with Gasteiger partial charge in [-0.1, -0.05) is 47.0 Å². The molecule has 0 fully saturated rings. The highest BCUT2D eigenvalue weighted by Gasteiger charge is 2.09. The summed E-state index contributed by atoms with van der Waals surface area (Å²) in [6.07, 6.45) is 3.69. The second-order valence-electron chi connectivity index (χ2n) is 2.84. The minimum absolute atomic E-state index is 0.856. The zero-order valence-electron chi connectivity index (χ0n) is 6.98. The Bertz CT molecular complexity index is 53.1. The average molecular weight is 127 g/mol. The second-order valence-corrected chi connectivity index (χ2v) is 2.84. The first kappa shape index (κ1) is 9.00. The van der Waals surface area contributed by atoms with Gasteiger partial charge in [-0.2, -0.15) is 0 Å².